The van der Waals surface area contributed by atoms with Crippen molar-refractivity contribution in [3.8, 4) is 0 Å². The maximum atomic E-state index is 12.2. The Morgan fingerprint density at radius 1 is 1.38 bits per heavy atom. The Morgan fingerprint density at radius 3 is 2.69 bits per heavy atom. The highest BCUT2D eigenvalue weighted by atomic mass is 16.1. The molecule has 2 aliphatic rings. The molecule has 0 aromatic heterocycles. The lowest BCUT2D eigenvalue weighted by molar-refractivity contribution is -0.123. The molecule has 0 aromatic carbocycles. The van der Waals surface area contributed by atoms with E-state index < -0.39 is 0 Å². The Bertz CT molecular complexity index is 318. The Balaban J connectivity index is 2.30. The molecule has 0 aliphatic heterocycles. The smallest absolute Gasteiger partial charge is 0.159 e. The van der Waals surface area contributed by atoms with E-state index in [1.807, 2.05) is 13.0 Å². The van der Waals surface area contributed by atoms with Gasteiger partial charge in [-0.3, -0.25) is 4.79 Å². The third kappa shape index (κ3) is 1.88. The first kappa shape index (κ1) is 11.6. The van der Waals surface area contributed by atoms with Crippen molar-refractivity contribution in [1.29, 1.82) is 0 Å². The van der Waals surface area contributed by atoms with E-state index in [-0.39, 0.29) is 11.3 Å². The molecular formula is C15H22O. The van der Waals surface area contributed by atoms with E-state index in [0.29, 0.717) is 11.7 Å². The van der Waals surface area contributed by atoms with Gasteiger partial charge in [0.1, 0.15) is 0 Å². The summed E-state index contributed by atoms with van der Waals surface area (Å²) >= 11 is 0. The fraction of sp³-hybridized carbons (Fsp3) is 0.667. The number of hydrogen-bond acceptors (Lipinski definition) is 1. The lowest BCUT2D eigenvalue weighted by Crippen LogP contribution is -2.38. The topological polar surface area (TPSA) is 17.1 Å². The quantitative estimate of drug-likeness (QED) is 0.507. The summed E-state index contributed by atoms with van der Waals surface area (Å²) in [6.07, 6.45) is 14.4. The van der Waals surface area contributed by atoms with E-state index in [4.69, 9.17) is 0 Å². The summed E-state index contributed by atoms with van der Waals surface area (Å²) < 4.78 is 0. The lowest BCUT2D eigenvalue weighted by atomic mass is 9.63. The van der Waals surface area contributed by atoms with Crippen LogP contribution in [0.15, 0.2) is 24.3 Å². The summed E-state index contributed by atoms with van der Waals surface area (Å²) in [5.41, 5.74) is 0.203. The summed E-state index contributed by atoms with van der Waals surface area (Å²) in [4.78, 5) is 12.2. The zero-order valence-corrected chi connectivity index (χ0v) is 10.4. The van der Waals surface area contributed by atoms with Gasteiger partial charge in [0.25, 0.3) is 0 Å². The van der Waals surface area contributed by atoms with Gasteiger partial charge in [-0.05, 0) is 43.6 Å². The maximum absolute atomic E-state index is 12.2. The third-order valence-electron chi connectivity index (χ3n) is 4.32. The molecule has 0 N–H and O–H groups in total. The molecule has 1 fully saturated rings. The van der Waals surface area contributed by atoms with Gasteiger partial charge in [0.15, 0.2) is 5.78 Å². The largest absolute Gasteiger partial charge is 0.295 e. The molecule has 1 heteroatoms. The van der Waals surface area contributed by atoms with Gasteiger partial charge in [0.2, 0.25) is 0 Å². The summed E-state index contributed by atoms with van der Waals surface area (Å²) in [5.74, 6) is 1.09. The van der Waals surface area contributed by atoms with Gasteiger partial charge < -0.3 is 0 Å². The van der Waals surface area contributed by atoms with Crippen molar-refractivity contribution >= 4 is 5.78 Å². The Labute approximate surface area is 98.6 Å². The molecule has 1 spiro atoms. The molecule has 0 bridgehead atoms. The number of ketones is 1. The summed E-state index contributed by atoms with van der Waals surface area (Å²) in [7, 11) is 0. The summed E-state index contributed by atoms with van der Waals surface area (Å²) in [6.45, 7) is 4.16. The SMILES string of the molecule is C/C=C/C(=O)C1C(C)CC=CC12CCCC2. The standard InChI is InChI=1S/C15H22O/c1-3-7-13(16)14-12(2)8-6-11-15(14)9-4-5-10-15/h3,6-7,11-12,14H,4-5,8-10H2,1-2H3/b7-3+. The molecule has 1 nitrogen and oxygen atoms in total. The number of allylic oxidation sites excluding steroid dienone is 4. The highest BCUT2D eigenvalue weighted by Crippen LogP contribution is 2.51. The van der Waals surface area contributed by atoms with E-state index >= 15 is 0 Å². The summed E-state index contributed by atoms with van der Waals surface area (Å²) in [6, 6.07) is 0. The molecule has 0 saturated heterocycles. The van der Waals surface area contributed by atoms with Gasteiger partial charge in [-0.1, -0.05) is 38.0 Å². The monoisotopic (exact) mass is 218 g/mol. The highest BCUT2D eigenvalue weighted by molar-refractivity contribution is 5.92. The molecule has 2 rings (SSSR count). The lowest BCUT2D eigenvalue weighted by Gasteiger charge is -2.40. The zero-order valence-electron chi connectivity index (χ0n) is 10.4. The zero-order chi connectivity index (χ0) is 11.6. The van der Waals surface area contributed by atoms with Crippen molar-refractivity contribution in [1.82, 2.24) is 0 Å². The van der Waals surface area contributed by atoms with Gasteiger partial charge in [-0.15, -0.1) is 0 Å². The van der Waals surface area contributed by atoms with Gasteiger partial charge in [0.05, 0.1) is 0 Å². The summed E-state index contributed by atoms with van der Waals surface area (Å²) in [5, 5.41) is 0. The second-order valence-corrected chi connectivity index (χ2v) is 5.44. The molecule has 0 radical (unpaired) electrons. The van der Waals surface area contributed by atoms with E-state index in [9.17, 15) is 4.79 Å². The molecule has 0 amide bonds. The van der Waals surface area contributed by atoms with Crippen LogP contribution in [0.25, 0.3) is 0 Å². The third-order valence-corrected chi connectivity index (χ3v) is 4.32. The molecule has 16 heavy (non-hydrogen) atoms. The Hall–Kier alpha value is -0.850. The Kier molecular flexibility index (Phi) is 3.32. The van der Waals surface area contributed by atoms with Crippen molar-refractivity contribution in [3.63, 3.8) is 0 Å². The molecule has 1 saturated carbocycles. The highest BCUT2D eigenvalue weighted by Gasteiger charge is 2.45. The van der Waals surface area contributed by atoms with E-state index in [1.165, 1.54) is 25.7 Å². The molecule has 88 valence electrons. The van der Waals surface area contributed by atoms with Gasteiger partial charge in [-0.25, -0.2) is 0 Å². The predicted octanol–water partition coefficient (Wildman–Crippen LogP) is 3.90. The normalized spacial score (nSPS) is 32.6. The van der Waals surface area contributed by atoms with Crippen LogP contribution in [-0.2, 0) is 4.79 Å². The van der Waals surface area contributed by atoms with Crippen molar-refractivity contribution in [2.75, 3.05) is 0 Å². The maximum Gasteiger partial charge on any atom is 0.159 e. The van der Waals surface area contributed by atoms with E-state index in [1.54, 1.807) is 6.08 Å². The predicted molar refractivity (Wildman–Crippen MR) is 67.1 cm³/mol. The van der Waals surface area contributed by atoms with E-state index in [2.05, 4.69) is 19.1 Å². The van der Waals surface area contributed by atoms with Gasteiger partial charge in [0, 0.05) is 5.92 Å². The van der Waals surface area contributed by atoms with Crippen molar-refractivity contribution in [3.05, 3.63) is 24.3 Å². The fourth-order valence-corrected chi connectivity index (χ4v) is 3.67. The average molecular weight is 218 g/mol. The number of carbonyl (C=O) groups excluding carboxylic acids is 1. The first-order chi connectivity index (χ1) is 7.69. The van der Waals surface area contributed by atoms with Gasteiger partial charge in [-0.2, -0.15) is 0 Å². The first-order valence-corrected chi connectivity index (χ1v) is 6.54. The van der Waals surface area contributed by atoms with E-state index in [0.717, 1.165) is 6.42 Å². The molecule has 2 unspecified atom stereocenters. The van der Waals surface area contributed by atoms with Crippen LogP contribution in [-0.4, -0.2) is 5.78 Å². The fourth-order valence-electron chi connectivity index (χ4n) is 3.67. The van der Waals surface area contributed by atoms with Crippen LogP contribution >= 0.6 is 0 Å². The number of rotatable bonds is 2. The minimum absolute atomic E-state index is 0.203. The van der Waals surface area contributed by atoms with Crippen LogP contribution in [0.5, 0.6) is 0 Å². The van der Waals surface area contributed by atoms with Crippen LogP contribution in [0.2, 0.25) is 0 Å². The number of carbonyl (C=O) groups is 1. The average Bonchev–Trinajstić information content (AvgIpc) is 2.67. The number of hydrogen-bond donors (Lipinski definition) is 0. The van der Waals surface area contributed by atoms with Crippen LogP contribution < -0.4 is 0 Å². The van der Waals surface area contributed by atoms with Crippen LogP contribution in [0.3, 0.4) is 0 Å². The minimum Gasteiger partial charge on any atom is -0.295 e. The first-order valence-electron chi connectivity index (χ1n) is 6.54. The van der Waals surface area contributed by atoms with Crippen molar-refractivity contribution in [2.24, 2.45) is 17.3 Å². The van der Waals surface area contributed by atoms with Crippen molar-refractivity contribution in [2.45, 2.75) is 46.0 Å². The second kappa shape index (κ2) is 4.57. The van der Waals surface area contributed by atoms with Crippen molar-refractivity contribution < 1.29 is 4.79 Å². The molecule has 2 atom stereocenters. The van der Waals surface area contributed by atoms with Gasteiger partial charge >= 0.3 is 0 Å². The molecular weight excluding hydrogens is 196 g/mol. The molecule has 2 aliphatic carbocycles. The van der Waals surface area contributed by atoms with Crippen LogP contribution in [0, 0.1) is 17.3 Å². The van der Waals surface area contributed by atoms with Crippen LogP contribution in [0.4, 0.5) is 0 Å². The second-order valence-electron chi connectivity index (χ2n) is 5.44. The Morgan fingerprint density at radius 2 is 2.06 bits per heavy atom. The van der Waals surface area contributed by atoms with Crippen LogP contribution in [0.1, 0.15) is 46.0 Å². The minimum atomic E-state index is 0.203. The molecule has 0 aromatic rings. The molecule has 0 heterocycles.